The van der Waals surface area contributed by atoms with E-state index in [2.05, 4.69) is 37.9 Å². The maximum Gasteiger partial charge on any atom is 0.141 e. The summed E-state index contributed by atoms with van der Waals surface area (Å²) < 4.78 is 0. The topological polar surface area (TPSA) is 62.7 Å². The Morgan fingerprint density at radius 2 is 1.78 bits per heavy atom. The summed E-state index contributed by atoms with van der Waals surface area (Å²) in [5.74, 6) is 0.285. The second-order valence-corrected chi connectivity index (χ2v) is 4.41. The Hall–Kier alpha value is -2.34. The van der Waals surface area contributed by atoms with E-state index in [1.165, 1.54) is 16.7 Å². The molecule has 3 heteroatoms. The molecule has 2 aromatic rings. The van der Waals surface area contributed by atoms with E-state index in [0.29, 0.717) is 5.56 Å². The van der Waals surface area contributed by atoms with Crippen LogP contribution >= 0.6 is 0 Å². The SMILES string of the molecule is Cc1ccc(-c2ccnc(N)c2C#N)c(C)c1C. The van der Waals surface area contributed by atoms with Crippen molar-refractivity contribution in [2.45, 2.75) is 20.8 Å². The maximum atomic E-state index is 9.21. The predicted molar refractivity (Wildman–Crippen MR) is 73.0 cm³/mol. The smallest absolute Gasteiger partial charge is 0.141 e. The fourth-order valence-corrected chi connectivity index (χ4v) is 2.07. The molecule has 2 rings (SSSR count). The molecule has 0 radical (unpaired) electrons. The first-order valence-electron chi connectivity index (χ1n) is 5.78. The number of nitrogens with zero attached hydrogens (tertiary/aromatic N) is 2. The average Bonchev–Trinajstić information content (AvgIpc) is 2.36. The van der Waals surface area contributed by atoms with Gasteiger partial charge in [0, 0.05) is 11.8 Å². The Labute approximate surface area is 107 Å². The number of aryl methyl sites for hydroxylation is 1. The van der Waals surface area contributed by atoms with Gasteiger partial charge in [0.05, 0.1) is 0 Å². The van der Waals surface area contributed by atoms with E-state index >= 15 is 0 Å². The molecule has 2 N–H and O–H groups in total. The molecule has 0 spiro atoms. The van der Waals surface area contributed by atoms with Gasteiger partial charge in [0.15, 0.2) is 0 Å². The Morgan fingerprint density at radius 1 is 1.06 bits per heavy atom. The number of nitrogens with two attached hydrogens (primary N) is 1. The molecule has 0 aliphatic rings. The van der Waals surface area contributed by atoms with E-state index in [-0.39, 0.29) is 5.82 Å². The highest BCUT2D eigenvalue weighted by molar-refractivity contribution is 5.78. The third-order valence-electron chi connectivity index (χ3n) is 3.44. The minimum absolute atomic E-state index is 0.285. The van der Waals surface area contributed by atoms with Gasteiger partial charge >= 0.3 is 0 Å². The summed E-state index contributed by atoms with van der Waals surface area (Å²) in [5, 5.41) is 9.21. The fraction of sp³-hybridized carbons (Fsp3) is 0.200. The van der Waals surface area contributed by atoms with Crippen LogP contribution in [0.3, 0.4) is 0 Å². The Bertz CT molecular complexity index is 652. The highest BCUT2D eigenvalue weighted by Crippen LogP contribution is 2.31. The number of anilines is 1. The van der Waals surface area contributed by atoms with E-state index in [9.17, 15) is 5.26 Å². The second kappa shape index (κ2) is 4.50. The van der Waals surface area contributed by atoms with E-state index in [1.54, 1.807) is 6.20 Å². The molecular weight excluding hydrogens is 222 g/mol. The summed E-state index contributed by atoms with van der Waals surface area (Å²) >= 11 is 0. The van der Waals surface area contributed by atoms with E-state index in [4.69, 9.17) is 5.73 Å². The molecule has 0 aliphatic heterocycles. The largest absolute Gasteiger partial charge is 0.383 e. The lowest BCUT2D eigenvalue weighted by atomic mass is 9.92. The number of nitriles is 1. The van der Waals surface area contributed by atoms with Crippen molar-refractivity contribution in [1.29, 1.82) is 5.26 Å². The lowest BCUT2D eigenvalue weighted by Gasteiger charge is -2.13. The van der Waals surface area contributed by atoms with Gasteiger partial charge < -0.3 is 5.73 Å². The lowest BCUT2D eigenvalue weighted by Crippen LogP contribution is -1.98. The zero-order valence-corrected chi connectivity index (χ0v) is 10.8. The van der Waals surface area contributed by atoms with Crippen LogP contribution < -0.4 is 5.73 Å². The van der Waals surface area contributed by atoms with Crippen molar-refractivity contribution in [3.05, 3.63) is 46.6 Å². The molecule has 0 fully saturated rings. The van der Waals surface area contributed by atoms with Crippen LogP contribution in [0.2, 0.25) is 0 Å². The summed E-state index contributed by atoms with van der Waals surface area (Å²) in [4.78, 5) is 3.96. The predicted octanol–water partition coefficient (Wildman–Crippen LogP) is 3.13. The molecule has 1 aromatic heterocycles. The van der Waals surface area contributed by atoms with E-state index in [1.807, 2.05) is 12.1 Å². The van der Waals surface area contributed by atoms with Crippen molar-refractivity contribution < 1.29 is 0 Å². The molecule has 0 aliphatic carbocycles. The van der Waals surface area contributed by atoms with Crippen LogP contribution in [-0.2, 0) is 0 Å². The Kier molecular flexibility index (Phi) is 3.03. The van der Waals surface area contributed by atoms with Gasteiger partial charge in [-0.1, -0.05) is 12.1 Å². The van der Waals surface area contributed by atoms with E-state index in [0.717, 1.165) is 11.1 Å². The van der Waals surface area contributed by atoms with Crippen LogP contribution in [0.5, 0.6) is 0 Å². The van der Waals surface area contributed by atoms with Gasteiger partial charge in [-0.3, -0.25) is 0 Å². The molecule has 0 atom stereocenters. The Morgan fingerprint density at radius 3 is 2.44 bits per heavy atom. The zero-order chi connectivity index (χ0) is 13.3. The highest BCUT2D eigenvalue weighted by Gasteiger charge is 2.12. The van der Waals surface area contributed by atoms with Crippen LogP contribution in [-0.4, -0.2) is 4.98 Å². The van der Waals surface area contributed by atoms with Crippen LogP contribution in [0.15, 0.2) is 24.4 Å². The van der Waals surface area contributed by atoms with Gasteiger partial charge in [0.2, 0.25) is 0 Å². The monoisotopic (exact) mass is 237 g/mol. The number of aromatic nitrogens is 1. The molecule has 0 unspecified atom stereocenters. The first-order chi connectivity index (χ1) is 8.56. The summed E-state index contributed by atoms with van der Waals surface area (Å²) in [7, 11) is 0. The van der Waals surface area contributed by atoms with Gasteiger partial charge in [-0.25, -0.2) is 4.98 Å². The minimum atomic E-state index is 0.285. The lowest BCUT2D eigenvalue weighted by molar-refractivity contribution is 1.26. The van der Waals surface area contributed by atoms with Gasteiger partial charge in [0.1, 0.15) is 17.5 Å². The summed E-state index contributed by atoms with van der Waals surface area (Å²) in [6.45, 7) is 6.23. The van der Waals surface area contributed by atoms with Gasteiger partial charge in [-0.15, -0.1) is 0 Å². The van der Waals surface area contributed by atoms with Crippen LogP contribution in [0.1, 0.15) is 22.3 Å². The van der Waals surface area contributed by atoms with Gasteiger partial charge in [-0.05, 0) is 49.1 Å². The third-order valence-corrected chi connectivity index (χ3v) is 3.44. The number of hydrogen-bond acceptors (Lipinski definition) is 3. The molecule has 0 amide bonds. The third kappa shape index (κ3) is 1.82. The van der Waals surface area contributed by atoms with Gasteiger partial charge in [0.25, 0.3) is 0 Å². The fourth-order valence-electron chi connectivity index (χ4n) is 2.07. The standard InChI is InChI=1S/C15H15N3/c1-9-4-5-12(11(3)10(9)2)13-6-7-18-15(17)14(13)8-16/h4-7H,1-3H3,(H2,17,18). The van der Waals surface area contributed by atoms with Gasteiger partial charge in [-0.2, -0.15) is 5.26 Å². The first-order valence-corrected chi connectivity index (χ1v) is 5.78. The van der Waals surface area contributed by atoms with E-state index < -0.39 is 0 Å². The van der Waals surface area contributed by atoms with Crippen molar-refractivity contribution in [2.24, 2.45) is 0 Å². The van der Waals surface area contributed by atoms with Crippen molar-refractivity contribution in [3.63, 3.8) is 0 Å². The highest BCUT2D eigenvalue weighted by atomic mass is 14.8. The molecule has 1 aromatic carbocycles. The quantitative estimate of drug-likeness (QED) is 0.828. The number of nitrogen functional groups attached to an aromatic ring is 1. The maximum absolute atomic E-state index is 9.21. The van der Waals surface area contributed by atoms with Crippen molar-refractivity contribution >= 4 is 5.82 Å². The van der Waals surface area contributed by atoms with Crippen LogP contribution in [0.25, 0.3) is 11.1 Å². The number of benzene rings is 1. The summed E-state index contributed by atoms with van der Waals surface area (Å²) in [5.41, 5.74) is 11.8. The molecule has 0 saturated heterocycles. The van der Waals surface area contributed by atoms with Crippen molar-refractivity contribution in [2.75, 3.05) is 5.73 Å². The second-order valence-electron chi connectivity index (χ2n) is 4.41. The van der Waals surface area contributed by atoms with Crippen LogP contribution in [0.4, 0.5) is 5.82 Å². The molecule has 1 heterocycles. The number of pyridine rings is 1. The summed E-state index contributed by atoms with van der Waals surface area (Å²) in [6.07, 6.45) is 1.64. The normalized spacial score (nSPS) is 10.1. The number of hydrogen-bond donors (Lipinski definition) is 1. The molecule has 3 nitrogen and oxygen atoms in total. The first kappa shape index (κ1) is 12.1. The molecule has 0 bridgehead atoms. The van der Waals surface area contributed by atoms with Crippen LogP contribution in [0, 0.1) is 32.1 Å². The van der Waals surface area contributed by atoms with Crippen molar-refractivity contribution in [3.8, 4) is 17.2 Å². The number of rotatable bonds is 1. The molecule has 18 heavy (non-hydrogen) atoms. The average molecular weight is 237 g/mol. The minimum Gasteiger partial charge on any atom is -0.383 e. The molecular formula is C15H15N3. The Balaban J connectivity index is 2.75. The molecule has 0 saturated carbocycles. The summed E-state index contributed by atoms with van der Waals surface area (Å²) in [6, 6.07) is 8.08. The molecule has 90 valence electrons. The van der Waals surface area contributed by atoms with Crippen molar-refractivity contribution in [1.82, 2.24) is 4.98 Å². The zero-order valence-electron chi connectivity index (χ0n) is 10.8.